The third kappa shape index (κ3) is 6.69. The van der Waals surface area contributed by atoms with Crippen LogP contribution in [0.2, 0.25) is 0 Å². The Hall–Kier alpha value is -3.12. The van der Waals surface area contributed by atoms with Gasteiger partial charge in [-0.25, -0.2) is 8.42 Å². The van der Waals surface area contributed by atoms with Gasteiger partial charge >= 0.3 is 0 Å². The molecule has 0 atom stereocenters. The lowest BCUT2D eigenvalue weighted by molar-refractivity contribution is 0.0953. The number of benzene rings is 3. The summed E-state index contributed by atoms with van der Waals surface area (Å²) >= 11 is 0. The molecule has 0 aliphatic rings. The van der Waals surface area contributed by atoms with Crippen molar-refractivity contribution in [3.63, 3.8) is 0 Å². The van der Waals surface area contributed by atoms with Crippen LogP contribution < -0.4 is 9.62 Å². The maximum Gasteiger partial charge on any atom is 0.251 e. The van der Waals surface area contributed by atoms with Gasteiger partial charge in [0.15, 0.2) is 0 Å². The van der Waals surface area contributed by atoms with E-state index in [0.29, 0.717) is 17.8 Å². The molecule has 5 nitrogen and oxygen atoms in total. The van der Waals surface area contributed by atoms with E-state index in [9.17, 15) is 13.2 Å². The van der Waals surface area contributed by atoms with Gasteiger partial charge in [-0.05, 0) is 55.2 Å². The van der Waals surface area contributed by atoms with Crippen LogP contribution in [0.5, 0.6) is 0 Å². The molecule has 3 aromatic carbocycles. The smallest absolute Gasteiger partial charge is 0.251 e. The molecule has 0 saturated carbocycles. The first-order valence-corrected chi connectivity index (χ1v) is 12.1. The molecule has 0 heterocycles. The summed E-state index contributed by atoms with van der Waals surface area (Å²) in [6.07, 6.45) is 2.95. The molecule has 0 aromatic heterocycles. The van der Waals surface area contributed by atoms with Crippen molar-refractivity contribution in [3.05, 3.63) is 101 Å². The zero-order chi connectivity index (χ0) is 22.3. The lowest BCUT2D eigenvalue weighted by Crippen LogP contribution is -2.29. The molecular weight excluding hydrogens is 408 g/mol. The predicted octanol–water partition coefficient (Wildman–Crippen LogP) is 4.32. The highest BCUT2D eigenvalue weighted by molar-refractivity contribution is 7.92. The van der Waals surface area contributed by atoms with Gasteiger partial charge in [-0.3, -0.25) is 9.10 Å². The average molecular weight is 437 g/mol. The van der Waals surface area contributed by atoms with Crippen molar-refractivity contribution in [2.45, 2.75) is 26.3 Å². The molecule has 6 heteroatoms. The standard InChI is InChI=1S/C25H28N2O3S/c1-20-10-12-22(13-11-20)19-27(31(2,29)30)24-16-14-23(15-17-24)25(28)26-18-6-9-21-7-4-3-5-8-21/h3-5,7-8,10-17H,6,9,18-19H2,1-2H3,(H,26,28). The minimum Gasteiger partial charge on any atom is -0.352 e. The predicted molar refractivity (Wildman–Crippen MR) is 126 cm³/mol. The molecule has 0 radical (unpaired) electrons. The number of amides is 1. The number of carbonyl (C=O) groups excluding carboxylic acids is 1. The fourth-order valence-corrected chi connectivity index (χ4v) is 4.17. The monoisotopic (exact) mass is 436 g/mol. The molecule has 0 saturated heterocycles. The molecule has 162 valence electrons. The fourth-order valence-electron chi connectivity index (χ4n) is 3.28. The number of nitrogens with one attached hydrogen (secondary N) is 1. The van der Waals surface area contributed by atoms with Gasteiger partial charge in [-0.2, -0.15) is 0 Å². The van der Waals surface area contributed by atoms with Crippen LogP contribution in [-0.4, -0.2) is 27.1 Å². The number of sulfonamides is 1. The molecular formula is C25H28N2O3S. The highest BCUT2D eigenvalue weighted by atomic mass is 32.2. The van der Waals surface area contributed by atoms with Crippen molar-refractivity contribution < 1.29 is 13.2 Å². The van der Waals surface area contributed by atoms with Crippen LogP contribution in [-0.2, 0) is 23.0 Å². The van der Waals surface area contributed by atoms with Gasteiger partial charge < -0.3 is 5.32 Å². The van der Waals surface area contributed by atoms with E-state index in [1.807, 2.05) is 49.4 Å². The van der Waals surface area contributed by atoms with E-state index in [2.05, 4.69) is 17.4 Å². The summed E-state index contributed by atoms with van der Waals surface area (Å²) in [7, 11) is -3.47. The first-order chi connectivity index (χ1) is 14.8. The Morgan fingerprint density at radius 2 is 1.52 bits per heavy atom. The minimum absolute atomic E-state index is 0.163. The Bertz CT molecular complexity index is 1090. The van der Waals surface area contributed by atoms with E-state index < -0.39 is 10.0 Å². The lowest BCUT2D eigenvalue weighted by atomic mass is 10.1. The summed E-state index contributed by atoms with van der Waals surface area (Å²) in [5.74, 6) is -0.163. The van der Waals surface area contributed by atoms with Crippen molar-refractivity contribution in [3.8, 4) is 0 Å². The van der Waals surface area contributed by atoms with Crippen LogP contribution in [0.3, 0.4) is 0 Å². The van der Waals surface area contributed by atoms with E-state index in [4.69, 9.17) is 0 Å². The van der Waals surface area contributed by atoms with Gasteiger partial charge in [0.25, 0.3) is 5.91 Å². The van der Waals surface area contributed by atoms with Gasteiger partial charge in [0.05, 0.1) is 18.5 Å². The Morgan fingerprint density at radius 3 is 2.13 bits per heavy atom. The molecule has 0 aliphatic heterocycles. The number of hydrogen-bond acceptors (Lipinski definition) is 3. The molecule has 1 N–H and O–H groups in total. The second-order valence-electron chi connectivity index (χ2n) is 7.65. The molecule has 0 unspecified atom stereocenters. The summed E-state index contributed by atoms with van der Waals surface area (Å²) in [6.45, 7) is 2.81. The molecule has 31 heavy (non-hydrogen) atoms. The van der Waals surface area contributed by atoms with Crippen LogP contribution in [0, 0.1) is 6.92 Å². The van der Waals surface area contributed by atoms with Crippen molar-refractivity contribution in [1.82, 2.24) is 5.32 Å². The molecule has 0 spiro atoms. The first kappa shape index (κ1) is 22.6. The Kier molecular flexibility index (Phi) is 7.47. The maximum atomic E-state index is 12.4. The number of rotatable bonds is 9. The van der Waals surface area contributed by atoms with Crippen LogP contribution in [0.4, 0.5) is 5.69 Å². The zero-order valence-electron chi connectivity index (χ0n) is 17.9. The van der Waals surface area contributed by atoms with Crippen molar-refractivity contribution in [2.75, 3.05) is 17.1 Å². The Morgan fingerprint density at radius 1 is 0.871 bits per heavy atom. The lowest BCUT2D eigenvalue weighted by Gasteiger charge is -2.23. The fraction of sp³-hybridized carbons (Fsp3) is 0.240. The molecule has 0 aliphatic carbocycles. The van der Waals surface area contributed by atoms with E-state index in [-0.39, 0.29) is 12.5 Å². The normalized spacial score (nSPS) is 11.2. The van der Waals surface area contributed by atoms with Crippen LogP contribution in [0.15, 0.2) is 78.9 Å². The SMILES string of the molecule is Cc1ccc(CN(c2ccc(C(=O)NCCCc3ccccc3)cc2)S(C)(=O)=O)cc1. The second kappa shape index (κ2) is 10.3. The number of carbonyl (C=O) groups is 1. The largest absolute Gasteiger partial charge is 0.352 e. The topological polar surface area (TPSA) is 66.5 Å². The maximum absolute atomic E-state index is 12.4. The number of hydrogen-bond donors (Lipinski definition) is 1. The number of nitrogens with zero attached hydrogens (tertiary/aromatic N) is 1. The molecule has 1 amide bonds. The number of anilines is 1. The molecule has 3 aromatic rings. The highest BCUT2D eigenvalue weighted by Crippen LogP contribution is 2.21. The first-order valence-electron chi connectivity index (χ1n) is 10.3. The van der Waals surface area contributed by atoms with Crippen molar-refractivity contribution >= 4 is 21.6 Å². The van der Waals surface area contributed by atoms with Gasteiger partial charge in [-0.15, -0.1) is 0 Å². The van der Waals surface area contributed by atoms with E-state index >= 15 is 0 Å². The van der Waals surface area contributed by atoms with Crippen molar-refractivity contribution in [2.24, 2.45) is 0 Å². The zero-order valence-corrected chi connectivity index (χ0v) is 18.7. The highest BCUT2D eigenvalue weighted by Gasteiger charge is 2.18. The third-order valence-electron chi connectivity index (χ3n) is 5.04. The second-order valence-corrected chi connectivity index (χ2v) is 9.55. The quantitative estimate of drug-likeness (QED) is 0.508. The van der Waals surface area contributed by atoms with Gasteiger partial charge in [0.2, 0.25) is 10.0 Å². The Labute approximate surface area is 184 Å². The van der Waals surface area contributed by atoms with Crippen LogP contribution >= 0.6 is 0 Å². The minimum atomic E-state index is -3.47. The van der Waals surface area contributed by atoms with Gasteiger partial charge in [0.1, 0.15) is 0 Å². The molecule has 0 bridgehead atoms. The van der Waals surface area contributed by atoms with E-state index in [1.165, 1.54) is 16.1 Å². The van der Waals surface area contributed by atoms with Crippen LogP contribution in [0.1, 0.15) is 33.5 Å². The summed E-state index contributed by atoms with van der Waals surface area (Å²) < 4.78 is 26.1. The van der Waals surface area contributed by atoms with E-state index in [1.54, 1.807) is 24.3 Å². The number of aryl methyl sites for hydroxylation is 2. The Balaban J connectivity index is 1.61. The summed E-state index contributed by atoms with van der Waals surface area (Å²) in [4.78, 5) is 12.4. The summed E-state index contributed by atoms with van der Waals surface area (Å²) in [5.41, 5.74) is 4.30. The van der Waals surface area contributed by atoms with Crippen molar-refractivity contribution in [1.29, 1.82) is 0 Å². The summed E-state index contributed by atoms with van der Waals surface area (Å²) in [6, 6.07) is 24.6. The van der Waals surface area contributed by atoms with Crippen LogP contribution in [0.25, 0.3) is 0 Å². The average Bonchev–Trinajstić information content (AvgIpc) is 2.76. The van der Waals surface area contributed by atoms with Gasteiger partial charge in [-0.1, -0.05) is 60.2 Å². The summed E-state index contributed by atoms with van der Waals surface area (Å²) in [5, 5.41) is 2.92. The molecule has 0 fully saturated rings. The van der Waals surface area contributed by atoms with E-state index in [0.717, 1.165) is 24.0 Å². The molecule has 3 rings (SSSR count). The van der Waals surface area contributed by atoms with Gasteiger partial charge in [0, 0.05) is 12.1 Å². The third-order valence-corrected chi connectivity index (χ3v) is 6.18.